The summed E-state index contributed by atoms with van der Waals surface area (Å²) in [7, 11) is 0. The van der Waals surface area contributed by atoms with E-state index in [2.05, 4.69) is 24.7 Å². The van der Waals surface area contributed by atoms with Gasteiger partial charge in [0, 0.05) is 30.1 Å². The summed E-state index contributed by atoms with van der Waals surface area (Å²) in [6.07, 6.45) is 11.7. The van der Waals surface area contributed by atoms with E-state index in [1.165, 1.54) is 38.5 Å². The smallest absolute Gasteiger partial charge is 0.163 e. The van der Waals surface area contributed by atoms with Crippen molar-refractivity contribution in [3.05, 3.63) is 29.5 Å². The predicted octanol–water partition coefficient (Wildman–Crippen LogP) is 5.07. The molecule has 2 aliphatic rings. The van der Waals surface area contributed by atoms with Crippen LogP contribution in [0.1, 0.15) is 74.2 Å². The first-order valence-corrected chi connectivity index (χ1v) is 10.3. The van der Waals surface area contributed by atoms with Gasteiger partial charge in [0.15, 0.2) is 5.78 Å². The fourth-order valence-corrected chi connectivity index (χ4v) is 3.99. The first-order chi connectivity index (χ1) is 12.6. The lowest BCUT2D eigenvalue weighted by atomic mass is 9.85. The molecule has 26 heavy (non-hydrogen) atoms. The number of nitrogens with zero attached hydrogens (tertiary/aromatic N) is 2. The summed E-state index contributed by atoms with van der Waals surface area (Å²) in [4.78, 5) is 12.7. The van der Waals surface area contributed by atoms with Crippen LogP contribution in [-0.4, -0.2) is 27.8 Å². The second kappa shape index (κ2) is 7.51. The third kappa shape index (κ3) is 3.71. The van der Waals surface area contributed by atoms with E-state index >= 15 is 0 Å². The first-order valence-electron chi connectivity index (χ1n) is 10.3. The lowest BCUT2D eigenvalue weighted by Crippen LogP contribution is -2.26. The summed E-state index contributed by atoms with van der Waals surface area (Å²) in [5, 5.41) is 5.82. The lowest BCUT2D eigenvalue weighted by Gasteiger charge is -2.28. The summed E-state index contributed by atoms with van der Waals surface area (Å²) in [6.45, 7) is 5.15. The van der Waals surface area contributed by atoms with Gasteiger partial charge in [-0.3, -0.25) is 9.48 Å². The Labute approximate surface area is 155 Å². The van der Waals surface area contributed by atoms with Crippen LogP contribution in [0, 0.1) is 12.8 Å². The third-order valence-electron chi connectivity index (χ3n) is 6.23. The number of fused-ring (bicyclic) bond motifs is 1. The normalized spacial score (nSPS) is 19.3. The van der Waals surface area contributed by atoms with Crippen LogP contribution < -0.4 is 0 Å². The first kappa shape index (κ1) is 17.7. The van der Waals surface area contributed by atoms with E-state index in [0.29, 0.717) is 12.5 Å². The fraction of sp³-hybridized carbons (Fsp3) is 0.636. The average molecular weight is 354 g/mol. The van der Waals surface area contributed by atoms with Gasteiger partial charge >= 0.3 is 0 Å². The molecule has 2 saturated carbocycles. The highest BCUT2D eigenvalue weighted by atomic mass is 16.5. The number of hydrogen-bond donors (Lipinski definition) is 0. The molecule has 4 nitrogen and oxygen atoms in total. The Balaban J connectivity index is 1.41. The Hall–Kier alpha value is -1.68. The lowest BCUT2D eigenvalue weighted by molar-refractivity contribution is -0.0458. The summed E-state index contributed by atoms with van der Waals surface area (Å²) in [5.41, 5.74) is 2.91. The number of ketones is 1. The largest absolute Gasteiger partial charge is 0.375 e. The number of carbonyl (C=O) groups excluding carboxylic acids is 1. The highest BCUT2D eigenvalue weighted by Gasteiger charge is 2.22. The standard InChI is InChI=1S/C22H30N2O2/c1-15(26-18-7-4-8-18)9-12-22(25)19-10-11-21-20(16(19)2)14-24(23-21)13-17-5-3-6-17/h10-11,14-15,17-18H,3-9,12-13H2,1-2H3. The van der Waals surface area contributed by atoms with E-state index in [1.54, 1.807) is 0 Å². The number of ether oxygens (including phenoxy) is 1. The molecule has 4 rings (SSSR count). The van der Waals surface area contributed by atoms with Crippen molar-refractivity contribution in [1.82, 2.24) is 9.78 Å². The molecule has 1 unspecified atom stereocenters. The molecule has 0 aliphatic heterocycles. The maximum absolute atomic E-state index is 12.7. The summed E-state index contributed by atoms with van der Waals surface area (Å²) in [5.74, 6) is 1.00. The molecule has 4 heteroatoms. The molecule has 0 amide bonds. The van der Waals surface area contributed by atoms with Crippen LogP contribution in [0.5, 0.6) is 0 Å². The van der Waals surface area contributed by atoms with E-state index in [9.17, 15) is 4.79 Å². The fourth-order valence-electron chi connectivity index (χ4n) is 3.99. The van der Waals surface area contributed by atoms with Gasteiger partial charge in [-0.25, -0.2) is 0 Å². The van der Waals surface area contributed by atoms with Gasteiger partial charge < -0.3 is 4.74 Å². The molecule has 0 spiro atoms. The van der Waals surface area contributed by atoms with E-state index in [1.807, 2.05) is 12.1 Å². The molecule has 2 aliphatic carbocycles. The zero-order valence-corrected chi connectivity index (χ0v) is 16.0. The van der Waals surface area contributed by atoms with Crippen molar-refractivity contribution in [2.24, 2.45) is 5.92 Å². The second-order valence-electron chi connectivity index (χ2n) is 8.28. The van der Waals surface area contributed by atoms with Crippen LogP contribution in [0.4, 0.5) is 0 Å². The summed E-state index contributed by atoms with van der Waals surface area (Å²) < 4.78 is 8.04. The van der Waals surface area contributed by atoms with E-state index < -0.39 is 0 Å². The van der Waals surface area contributed by atoms with Crippen molar-refractivity contribution >= 4 is 16.7 Å². The molecular weight excluding hydrogens is 324 g/mol. The van der Waals surface area contributed by atoms with Gasteiger partial charge in [0.2, 0.25) is 0 Å². The van der Waals surface area contributed by atoms with Crippen LogP contribution in [0.15, 0.2) is 18.3 Å². The van der Waals surface area contributed by atoms with Crippen molar-refractivity contribution in [3.8, 4) is 0 Å². The number of Topliss-reactive ketones (excluding diaryl/α,β-unsaturated/α-hetero) is 1. The SMILES string of the molecule is Cc1c(C(=O)CCC(C)OC2CCC2)ccc2nn(CC3CCC3)cc12. The second-order valence-corrected chi connectivity index (χ2v) is 8.28. The van der Waals surface area contributed by atoms with Gasteiger partial charge in [-0.2, -0.15) is 5.10 Å². The molecule has 0 radical (unpaired) electrons. The maximum Gasteiger partial charge on any atom is 0.163 e. The van der Waals surface area contributed by atoms with Crippen LogP contribution in [0.25, 0.3) is 10.9 Å². The molecule has 1 atom stereocenters. The zero-order valence-electron chi connectivity index (χ0n) is 16.0. The number of carbonyl (C=O) groups is 1. The van der Waals surface area contributed by atoms with Crippen LogP contribution in [0.2, 0.25) is 0 Å². The Morgan fingerprint density at radius 1 is 1.27 bits per heavy atom. The molecule has 1 aromatic heterocycles. The summed E-state index contributed by atoms with van der Waals surface area (Å²) in [6, 6.07) is 3.96. The number of rotatable bonds is 8. The molecule has 140 valence electrons. The van der Waals surface area contributed by atoms with Crippen molar-refractivity contribution in [2.45, 2.75) is 84.0 Å². The monoisotopic (exact) mass is 354 g/mol. The molecule has 2 aromatic rings. The number of aryl methyl sites for hydroxylation is 1. The molecule has 1 aromatic carbocycles. The molecule has 2 fully saturated rings. The predicted molar refractivity (Wildman–Crippen MR) is 104 cm³/mol. The molecule has 1 heterocycles. The maximum atomic E-state index is 12.7. The Morgan fingerprint density at radius 2 is 2.04 bits per heavy atom. The van der Waals surface area contributed by atoms with E-state index in [-0.39, 0.29) is 11.9 Å². The van der Waals surface area contributed by atoms with Gasteiger partial charge in [-0.15, -0.1) is 0 Å². The average Bonchev–Trinajstić information content (AvgIpc) is 2.96. The molecule has 0 bridgehead atoms. The van der Waals surface area contributed by atoms with Gasteiger partial charge in [-0.05, 0) is 76.0 Å². The Morgan fingerprint density at radius 3 is 2.69 bits per heavy atom. The van der Waals surface area contributed by atoms with Crippen molar-refractivity contribution in [1.29, 1.82) is 0 Å². The van der Waals surface area contributed by atoms with Crippen LogP contribution >= 0.6 is 0 Å². The number of benzene rings is 1. The number of hydrogen-bond acceptors (Lipinski definition) is 3. The zero-order chi connectivity index (χ0) is 18.1. The summed E-state index contributed by atoms with van der Waals surface area (Å²) >= 11 is 0. The minimum Gasteiger partial charge on any atom is -0.375 e. The topological polar surface area (TPSA) is 44.1 Å². The van der Waals surface area contributed by atoms with E-state index in [0.717, 1.165) is 40.9 Å². The Kier molecular flexibility index (Phi) is 5.12. The van der Waals surface area contributed by atoms with Crippen LogP contribution in [0.3, 0.4) is 0 Å². The Bertz CT molecular complexity index is 787. The van der Waals surface area contributed by atoms with Gasteiger partial charge in [0.05, 0.1) is 17.7 Å². The van der Waals surface area contributed by atoms with Gasteiger partial charge in [0.1, 0.15) is 0 Å². The molecule has 0 N–H and O–H groups in total. The highest BCUT2D eigenvalue weighted by Crippen LogP contribution is 2.29. The minimum atomic E-state index is 0.165. The van der Waals surface area contributed by atoms with Crippen molar-refractivity contribution < 1.29 is 9.53 Å². The van der Waals surface area contributed by atoms with Crippen LogP contribution in [-0.2, 0) is 11.3 Å². The van der Waals surface area contributed by atoms with E-state index in [4.69, 9.17) is 9.84 Å². The van der Waals surface area contributed by atoms with Crippen molar-refractivity contribution in [2.75, 3.05) is 0 Å². The quantitative estimate of drug-likeness (QED) is 0.622. The molecule has 0 saturated heterocycles. The minimum absolute atomic E-state index is 0.165. The number of aromatic nitrogens is 2. The highest BCUT2D eigenvalue weighted by molar-refractivity contribution is 6.01. The van der Waals surface area contributed by atoms with Crippen molar-refractivity contribution in [3.63, 3.8) is 0 Å². The molecular formula is C22H30N2O2. The van der Waals surface area contributed by atoms with Gasteiger partial charge in [0.25, 0.3) is 0 Å². The third-order valence-corrected chi connectivity index (χ3v) is 6.23. The van der Waals surface area contributed by atoms with Gasteiger partial charge in [-0.1, -0.05) is 6.42 Å².